The van der Waals surface area contributed by atoms with Gasteiger partial charge in [0.25, 0.3) is 0 Å². The van der Waals surface area contributed by atoms with Crippen molar-refractivity contribution in [1.82, 2.24) is 15.3 Å². The van der Waals surface area contributed by atoms with E-state index in [1.807, 2.05) is 6.92 Å². The van der Waals surface area contributed by atoms with E-state index in [-0.39, 0.29) is 25.9 Å². The summed E-state index contributed by atoms with van der Waals surface area (Å²) in [5, 5.41) is 4.52. The number of aromatic nitrogens is 2. The van der Waals surface area contributed by atoms with E-state index in [0.717, 1.165) is 42.2 Å². The Balaban J connectivity index is 1.76. The van der Waals surface area contributed by atoms with Crippen LogP contribution in [-0.4, -0.2) is 35.6 Å². The number of hydrogen-bond donors (Lipinski definition) is 2. The molecule has 0 unspecified atom stereocenters. The van der Waals surface area contributed by atoms with E-state index in [0.29, 0.717) is 22.5 Å². The SMILES string of the molecule is Cc1cnc2c(F)c(-c3ccc(F)c4sc(N)nc34)c(Cl)cc2c1N1CCN[C@H](C)C1. The number of piperazine rings is 1. The van der Waals surface area contributed by atoms with Gasteiger partial charge in [0.2, 0.25) is 0 Å². The summed E-state index contributed by atoms with van der Waals surface area (Å²) in [7, 11) is 0. The molecule has 3 N–H and O–H groups in total. The molecule has 2 aromatic carbocycles. The number of benzene rings is 2. The number of aryl methyl sites for hydroxylation is 1. The number of pyridine rings is 1. The molecule has 5 nitrogen and oxygen atoms in total. The fourth-order valence-corrected chi connectivity index (χ4v) is 5.40. The summed E-state index contributed by atoms with van der Waals surface area (Å²) >= 11 is 7.66. The van der Waals surface area contributed by atoms with E-state index in [2.05, 4.69) is 27.1 Å². The predicted octanol–water partition coefficient (Wildman–Crippen LogP) is 5.13. The summed E-state index contributed by atoms with van der Waals surface area (Å²) in [6.07, 6.45) is 1.69. The molecule has 9 heteroatoms. The summed E-state index contributed by atoms with van der Waals surface area (Å²) in [5.74, 6) is -0.999. The van der Waals surface area contributed by atoms with Gasteiger partial charge in [-0.05, 0) is 37.6 Å². The maximum Gasteiger partial charge on any atom is 0.181 e. The second-order valence-electron chi connectivity index (χ2n) is 7.86. The van der Waals surface area contributed by atoms with Gasteiger partial charge in [-0.3, -0.25) is 4.98 Å². The first-order valence-electron chi connectivity index (χ1n) is 9.95. The summed E-state index contributed by atoms with van der Waals surface area (Å²) in [5.41, 5.74) is 8.77. The van der Waals surface area contributed by atoms with Crippen LogP contribution in [0.2, 0.25) is 5.02 Å². The number of nitrogens with one attached hydrogen (secondary N) is 1. The van der Waals surface area contributed by atoms with Crippen LogP contribution in [0.15, 0.2) is 24.4 Å². The van der Waals surface area contributed by atoms with Gasteiger partial charge in [0, 0.05) is 48.4 Å². The van der Waals surface area contributed by atoms with Gasteiger partial charge in [0.15, 0.2) is 10.9 Å². The van der Waals surface area contributed by atoms with Crippen LogP contribution in [0.3, 0.4) is 0 Å². The quantitative estimate of drug-likeness (QED) is 0.435. The van der Waals surface area contributed by atoms with Crippen LogP contribution < -0.4 is 16.0 Å². The van der Waals surface area contributed by atoms with Gasteiger partial charge in [-0.15, -0.1) is 0 Å². The lowest BCUT2D eigenvalue weighted by molar-refractivity contribution is 0.485. The van der Waals surface area contributed by atoms with Gasteiger partial charge in [-0.2, -0.15) is 0 Å². The third-order valence-corrected chi connectivity index (χ3v) is 6.87. The summed E-state index contributed by atoms with van der Waals surface area (Å²) in [6.45, 7) is 6.54. The van der Waals surface area contributed by atoms with Crippen molar-refractivity contribution in [2.75, 3.05) is 30.3 Å². The lowest BCUT2D eigenvalue weighted by Crippen LogP contribution is -2.49. The van der Waals surface area contributed by atoms with Crippen molar-refractivity contribution in [2.45, 2.75) is 19.9 Å². The number of thiazole rings is 1. The number of nitrogen functional groups attached to an aromatic ring is 1. The number of anilines is 2. The average molecular weight is 460 g/mol. The lowest BCUT2D eigenvalue weighted by Gasteiger charge is -2.35. The Morgan fingerprint density at radius 3 is 2.87 bits per heavy atom. The van der Waals surface area contributed by atoms with E-state index in [9.17, 15) is 4.39 Å². The van der Waals surface area contributed by atoms with Crippen LogP contribution in [0.5, 0.6) is 0 Å². The number of hydrogen-bond acceptors (Lipinski definition) is 6. The van der Waals surface area contributed by atoms with Crippen molar-refractivity contribution < 1.29 is 8.78 Å². The molecule has 1 fully saturated rings. The molecule has 1 atom stereocenters. The minimum Gasteiger partial charge on any atom is -0.375 e. The van der Waals surface area contributed by atoms with Crippen LogP contribution in [0.1, 0.15) is 12.5 Å². The molecule has 1 aliphatic rings. The number of fused-ring (bicyclic) bond motifs is 2. The van der Waals surface area contributed by atoms with Gasteiger partial charge in [-0.1, -0.05) is 22.9 Å². The van der Waals surface area contributed by atoms with Crippen LogP contribution in [-0.2, 0) is 0 Å². The third-order valence-electron chi connectivity index (χ3n) is 5.67. The Morgan fingerprint density at radius 2 is 2.10 bits per heavy atom. The highest BCUT2D eigenvalue weighted by Gasteiger charge is 2.25. The normalized spacial score (nSPS) is 17.1. The van der Waals surface area contributed by atoms with Gasteiger partial charge in [0.1, 0.15) is 11.3 Å². The van der Waals surface area contributed by atoms with Crippen LogP contribution in [0.25, 0.3) is 32.2 Å². The Bertz CT molecular complexity index is 1340. The molecule has 0 radical (unpaired) electrons. The second-order valence-corrected chi connectivity index (χ2v) is 9.30. The first-order valence-corrected chi connectivity index (χ1v) is 11.1. The van der Waals surface area contributed by atoms with Gasteiger partial charge in [0.05, 0.1) is 20.9 Å². The smallest absolute Gasteiger partial charge is 0.181 e. The topological polar surface area (TPSA) is 67.1 Å². The van der Waals surface area contributed by atoms with Crippen LogP contribution in [0.4, 0.5) is 19.6 Å². The van der Waals surface area contributed by atoms with E-state index >= 15 is 4.39 Å². The first-order chi connectivity index (χ1) is 14.8. The van der Waals surface area contributed by atoms with Crippen molar-refractivity contribution >= 4 is 54.9 Å². The minimum absolute atomic E-state index is 0.153. The Kier molecular flexibility index (Phi) is 4.96. The maximum absolute atomic E-state index is 15.9. The maximum atomic E-state index is 15.9. The predicted molar refractivity (Wildman–Crippen MR) is 124 cm³/mol. The molecule has 5 rings (SSSR count). The molecule has 31 heavy (non-hydrogen) atoms. The third kappa shape index (κ3) is 3.30. The molecule has 2 aromatic heterocycles. The summed E-state index contributed by atoms with van der Waals surface area (Å²) < 4.78 is 30.4. The number of halogens is 3. The molecule has 0 aliphatic carbocycles. The van der Waals surface area contributed by atoms with Crippen molar-refractivity contribution in [2.24, 2.45) is 0 Å². The molecule has 160 valence electrons. The molecule has 0 amide bonds. The number of nitrogens with two attached hydrogens (primary N) is 1. The molecular formula is C22H20ClF2N5S. The highest BCUT2D eigenvalue weighted by molar-refractivity contribution is 7.22. The van der Waals surface area contributed by atoms with E-state index in [4.69, 9.17) is 17.3 Å². The average Bonchev–Trinajstić information content (AvgIpc) is 3.12. The van der Waals surface area contributed by atoms with Gasteiger partial charge < -0.3 is 16.0 Å². The largest absolute Gasteiger partial charge is 0.375 e. The van der Waals surface area contributed by atoms with Crippen molar-refractivity contribution in [1.29, 1.82) is 0 Å². The molecule has 3 heterocycles. The zero-order valence-corrected chi connectivity index (χ0v) is 18.5. The molecule has 1 aliphatic heterocycles. The van der Waals surface area contributed by atoms with Crippen molar-refractivity contribution in [3.8, 4) is 11.1 Å². The molecule has 4 aromatic rings. The standard InChI is InChI=1S/C22H20ClF2N5S/c1-10-8-28-18-13(20(10)30-6-5-27-11(2)9-30)7-14(23)16(17(18)25)12-3-4-15(24)21-19(12)29-22(26)31-21/h3-4,7-8,11,27H,5-6,9H2,1-2H3,(H2,26,29)/t11-/m1/s1. The Hall–Kier alpha value is -2.55. The molecular weight excluding hydrogens is 440 g/mol. The van der Waals surface area contributed by atoms with Crippen molar-refractivity contribution in [3.05, 3.63) is 46.6 Å². The Morgan fingerprint density at radius 1 is 1.29 bits per heavy atom. The molecule has 0 bridgehead atoms. The zero-order valence-electron chi connectivity index (χ0n) is 17.0. The van der Waals surface area contributed by atoms with E-state index in [1.165, 1.54) is 12.1 Å². The lowest BCUT2D eigenvalue weighted by atomic mass is 9.99. The number of rotatable bonds is 2. The zero-order chi connectivity index (χ0) is 21.9. The monoisotopic (exact) mass is 459 g/mol. The summed E-state index contributed by atoms with van der Waals surface area (Å²) in [6, 6.07) is 4.84. The molecule has 1 saturated heterocycles. The van der Waals surface area contributed by atoms with Crippen molar-refractivity contribution in [3.63, 3.8) is 0 Å². The highest BCUT2D eigenvalue weighted by Crippen LogP contribution is 2.43. The molecule has 0 saturated carbocycles. The fourth-order valence-electron chi connectivity index (χ4n) is 4.35. The second kappa shape index (κ2) is 7.55. The van der Waals surface area contributed by atoms with Gasteiger partial charge >= 0.3 is 0 Å². The number of nitrogens with zero attached hydrogens (tertiary/aromatic N) is 3. The van der Waals surface area contributed by atoms with Crippen LogP contribution in [0, 0.1) is 18.6 Å². The highest BCUT2D eigenvalue weighted by atomic mass is 35.5. The Labute approximate surface area is 186 Å². The first kappa shape index (κ1) is 20.4. The molecule has 0 spiro atoms. The van der Waals surface area contributed by atoms with E-state index in [1.54, 1.807) is 12.3 Å². The van der Waals surface area contributed by atoms with E-state index < -0.39 is 11.6 Å². The fraction of sp³-hybridized carbons (Fsp3) is 0.273. The minimum atomic E-state index is -0.550. The van der Waals surface area contributed by atoms with Gasteiger partial charge in [-0.25, -0.2) is 13.8 Å². The summed E-state index contributed by atoms with van der Waals surface area (Å²) in [4.78, 5) is 10.9. The van der Waals surface area contributed by atoms with Crippen LogP contribution >= 0.6 is 22.9 Å².